The summed E-state index contributed by atoms with van der Waals surface area (Å²) in [5, 5.41) is 9.41. The van der Waals surface area contributed by atoms with E-state index in [1.54, 1.807) is 22.2 Å². The largest absolute Gasteiger partial charge is 0.368 e. The minimum atomic E-state index is -0.0773. The van der Waals surface area contributed by atoms with Crippen molar-refractivity contribution in [2.45, 2.75) is 25.4 Å². The van der Waals surface area contributed by atoms with Crippen molar-refractivity contribution in [3.63, 3.8) is 0 Å². The van der Waals surface area contributed by atoms with Crippen LogP contribution in [0.25, 0.3) is 11.0 Å². The van der Waals surface area contributed by atoms with Gasteiger partial charge in [-0.3, -0.25) is 9.13 Å². The zero-order valence-electron chi connectivity index (χ0n) is 15.4. The molecule has 1 saturated heterocycles. The minimum Gasteiger partial charge on any atom is -0.368 e. The van der Waals surface area contributed by atoms with Crippen LogP contribution in [0.3, 0.4) is 0 Å². The van der Waals surface area contributed by atoms with Gasteiger partial charge < -0.3 is 10.6 Å². The Hall–Kier alpha value is -3.04. The molecule has 4 rings (SSSR count). The molecule has 6 nitrogen and oxygen atoms in total. The fourth-order valence-electron chi connectivity index (χ4n) is 4.01. The monoisotopic (exact) mass is 361 g/mol. The number of nitrogens with zero attached hydrogens (tertiary/aromatic N) is 4. The van der Waals surface area contributed by atoms with E-state index >= 15 is 0 Å². The number of fused-ring (bicyclic) bond motifs is 1. The van der Waals surface area contributed by atoms with Crippen molar-refractivity contribution >= 4 is 16.7 Å². The molecule has 2 aromatic carbocycles. The SMILES string of the molecule is Cn1c(=O)n(Cc2ccccc2C#N)c2c(N3CCCC(N)C3)cccc21. The van der Waals surface area contributed by atoms with E-state index in [4.69, 9.17) is 5.73 Å². The lowest BCUT2D eigenvalue weighted by atomic mass is 10.1. The zero-order chi connectivity index (χ0) is 19.0. The molecular formula is C21H23N5O. The van der Waals surface area contributed by atoms with Crippen LogP contribution in [-0.4, -0.2) is 28.3 Å². The Morgan fingerprint density at radius 1 is 1.22 bits per heavy atom. The molecule has 0 bridgehead atoms. The van der Waals surface area contributed by atoms with Crippen LogP contribution in [0.4, 0.5) is 5.69 Å². The Morgan fingerprint density at radius 2 is 2.04 bits per heavy atom. The summed E-state index contributed by atoms with van der Waals surface area (Å²) in [7, 11) is 1.79. The maximum Gasteiger partial charge on any atom is 0.329 e. The molecule has 0 amide bonds. The number of nitrogens with two attached hydrogens (primary N) is 1. The maximum atomic E-state index is 13.0. The first-order chi connectivity index (χ1) is 13.1. The van der Waals surface area contributed by atoms with Gasteiger partial charge in [-0.1, -0.05) is 24.3 Å². The van der Waals surface area contributed by atoms with Gasteiger partial charge in [0.05, 0.1) is 34.9 Å². The third-order valence-corrected chi connectivity index (χ3v) is 5.41. The summed E-state index contributed by atoms with van der Waals surface area (Å²) in [6.45, 7) is 2.10. The minimum absolute atomic E-state index is 0.0773. The van der Waals surface area contributed by atoms with Crippen molar-refractivity contribution < 1.29 is 0 Å². The fraction of sp³-hybridized carbons (Fsp3) is 0.333. The molecule has 6 heteroatoms. The number of hydrogen-bond acceptors (Lipinski definition) is 4. The number of rotatable bonds is 3. The molecule has 1 aliphatic heterocycles. The van der Waals surface area contributed by atoms with Crippen LogP contribution in [0.2, 0.25) is 0 Å². The Morgan fingerprint density at radius 3 is 2.81 bits per heavy atom. The third-order valence-electron chi connectivity index (χ3n) is 5.41. The van der Waals surface area contributed by atoms with Gasteiger partial charge in [0.1, 0.15) is 0 Å². The van der Waals surface area contributed by atoms with Gasteiger partial charge in [0.25, 0.3) is 0 Å². The molecule has 1 aromatic heterocycles. The first-order valence-electron chi connectivity index (χ1n) is 9.27. The van der Waals surface area contributed by atoms with E-state index in [1.165, 1.54) is 0 Å². The number of nitriles is 1. The molecule has 1 fully saturated rings. The quantitative estimate of drug-likeness (QED) is 0.775. The highest BCUT2D eigenvalue weighted by atomic mass is 16.1. The second-order valence-corrected chi connectivity index (χ2v) is 7.19. The number of benzene rings is 2. The molecule has 1 unspecified atom stereocenters. The number of piperidine rings is 1. The van der Waals surface area contributed by atoms with Gasteiger partial charge in [-0.05, 0) is 36.6 Å². The molecule has 1 aliphatic rings. The first-order valence-corrected chi connectivity index (χ1v) is 9.27. The fourth-order valence-corrected chi connectivity index (χ4v) is 4.01. The van der Waals surface area contributed by atoms with Gasteiger partial charge >= 0.3 is 5.69 Å². The predicted molar refractivity (Wildman–Crippen MR) is 107 cm³/mol. The summed E-state index contributed by atoms with van der Waals surface area (Å²) in [6, 6.07) is 15.8. The molecule has 1 atom stereocenters. The number of imidazole rings is 1. The Labute approximate surface area is 158 Å². The summed E-state index contributed by atoms with van der Waals surface area (Å²) in [6.07, 6.45) is 2.08. The van der Waals surface area contributed by atoms with Crippen LogP contribution >= 0.6 is 0 Å². The molecule has 27 heavy (non-hydrogen) atoms. The van der Waals surface area contributed by atoms with Crippen molar-refractivity contribution in [1.29, 1.82) is 5.26 Å². The number of aryl methyl sites for hydroxylation is 1. The van der Waals surface area contributed by atoms with Gasteiger partial charge in [-0.15, -0.1) is 0 Å². The second kappa shape index (κ2) is 6.93. The van der Waals surface area contributed by atoms with Crippen LogP contribution in [0.1, 0.15) is 24.0 Å². The zero-order valence-corrected chi connectivity index (χ0v) is 15.4. The second-order valence-electron chi connectivity index (χ2n) is 7.19. The van der Waals surface area contributed by atoms with Crippen molar-refractivity contribution in [2.24, 2.45) is 12.8 Å². The van der Waals surface area contributed by atoms with Gasteiger partial charge in [0, 0.05) is 26.2 Å². The molecule has 0 radical (unpaired) electrons. The number of para-hydroxylation sites is 1. The van der Waals surface area contributed by atoms with E-state index in [0.717, 1.165) is 48.2 Å². The van der Waals surface area contributed by atoms with Crippen LogP contribution in [0, 0.1) is 11.3 Å². The van der Waals surface area contributed by atoms with Crippen molar-refractivity contribution in [3.05, 3.63) is 64.1 Å². The molecule has 0 aliphatic carbocycles. The van der Waals surface area contributed by atoms with E-state index in [1.807, 2.05) is 30.3 Å². The van der Waals surface area contributed by atoms with E-state index in [0.29, 0.717) is 12.1 Å². The summed E-state index contributed by atoms with van der Waals surface area (Å²) < 4.78 is 3.46. The first kappa shape index (κ1) is 17.4. The topological polar surface area (TPSA) is 80.0 Å². The van der Waals surface area contributed by atoms with Crippen molar-refractivity contribution in [3.8, 4) is 6.07 Å². The van der Waals surface area contributed by atoms with E-state index in [9.17, 15) is 10.1 Å². The lowest BCUT2D eigenvalue weighted by molar-refractivity contribution is 0.506. The van der Waals surface area contributed by atoms with E-state index < -0.39 is 0 Å². The van der Waals surface area contributed by atoms with E-state index in [2.05, 4.69) is 17.0 Å². The van der Waals surface area contributed by atoms with Crippen molar-refractivity contribution in [2.75, 3.05) is 18.0 Å². The molecule has 0 spiro atoms. The summed E-state index contributed by atoms with van der Waals surface area (Å²) >= 11 is 0. The van der Waals surface area contributed by atoms with Crippen LogP contribution in [-0.2, 0) is 13.6 Å². The average Bonchev–Trinajstić information content (AvgIpc) is 2.93. The maximum absolute atomic E-state index is 13.0. The number of anilines is 1. The van der Waals surface area contributed by atoms with Gasteiger partial charge in [0.2, 0.25) is 0 Å². The standard InChI is InChI=1S/C21H23N5O/c1-24-18-9-4-10-19(25-11-5-8-17(23)14-25)20(18)26(21(24)27)13-16-7-3-2-6-15(16)12-22/h2-4,6-7,9-10,17H,5,8,11,13-14,23H2,1H3. The predicted octanol–water partition coefficient (Wildman–Crippen LogP) is 2.19. The highest BCUT2D eigenvalue weighted by Gasteiger charge is 2.22. The summed E-state index contributed by atoms with van der Waals surface area (Å²) in [5.41, 5.74) is 10.4. The molecule has 3 aromatic rings. The van der Waals surface area contributed by atoms with Crippen molar-refractivity contribution in [1.82, 2.24) is 9.13 Å². The van der Waals surface area contributed by atoms with E-state index in [-0.39, 0.29) is 11.7 Å². The summed E-state index contributed by atoms with van der Waals surface area (Å²) in [4.78, 5) is 15.3. The number of aromatic nitrogens is 2. The third kappa shape index (κ3) is 3.00. The Balaban J connectivity index is 1.89. The lowest BCUT2D eigenvalue weighted by Gasteiger charge is -2.33. The Kier molecular flexibility index (Phi) is 4.46. The smallest absolute Gasteiger partial charge is 0.329 e. The van der Waals surface area contributed by atoms with Crippen LogP contribution in [0.5, 0.6) is 0 Å². The summed E-state index contributed by atoms with van der Waals surface area (Å²) in [5.74, 6) is 0. The molecular weight excluding hydrogens is 338 g/mol. The molecule has 0 saturated carbocycles. The highest BCUT2D eigenvalue weighted by Crippen LogP contribution is 2.29. The van der Waals surface area contributed by atoms with Crippen LogP contribution < -0.4 is 16.3 Å². The average molecular weight is 361 g/mol. The Bertz CT molecular complexity index is 1090. The highest BCUT2D eigenvalue weighted by molar-refractivity contribution is 5.90. The van der Waals surface area contributed by atoms with Crippen LogP contribution in [0.15, 0.2) is 47.3 Å². The lowest BCUT2D eigenvalue weighted by Crippen LogP contribution is -2.43. The molecule has 138 valence electrons. The normalized spacial score (nSPS) is 17.2. The molecule has 2 heterocycles. The van der Waals surface area contributed by atoms with Gasteiger partial charge in [-0.25, -0.2) is 4.79 Å². The van der Waals surface area contributed by atoms with Gasteiger partial charge in [0.15, 0.2) is 0 Å². The van der Waals surface area contributed by atoms with Gasteiger partial charge in [-0.2, -0.15) is 5.26 Å². The molecule has 2 N–H and O–H groups in total. The number of hydrogen-bond donors (Lipinski definition) is 1.